The van der Waals surface area contributed by atoms with Crippen LogP contribution in [0.25, 0.3) is 10.9 Å². The van der Waals surface area contributed by atoms with Gasteiger partial charge < -0.3 is 25.0 Å². The second kappa shape index (κ2) is 7.39. The maximum absolute atomic E-state index is 15.8. The van der Waals surface area contributed by atoms with E-state index < -0.39 is 22.8 Å². The number of rotatable bonds is 5. The number of nitrogens with zero attached hydrogens (tertiary/aromatic N) is 2. The van der Waals surface area contributed by atoms with E-state index in [0.717, 1.165) is 18.8 Å². The number of carboxylic acids is 1. The first-order chi connectivity index (χ1) is 15.2. The first kappa shape index (κ1) is 21.1. The minimum Gasteiger partial charge on any atom is -0.492 e. The van der Waals surface area contributed by atoms with Gasteiger partial charge in [0.25, 0.3) is 0 Å². The molecule has 2 heterocycles. The Bertz CT molecular complexity index is 1160. The molecule has 1 aliphatic heterocycles. The van der Waals surface area contributed by atoms with Gasteiger partial charge in [0.05, 0.1) is 23.7 Å². The molecule has 172 valence electrons. The molecule has 32 heavy (non-hydrogen) atoms. The van der Waals surface area contributed by atoms with E-state index in [0.29, 0.717) is 36.4 Å². The number of pyridine rings is 1. The van der Waals surface area contributed by atoms with Gasteiger partial charge in [-0.1, -0.05) is 13.8 Å². The molecule has 0 bridgehead atoms. The molecule has 3 N–H and O–H groups in total. The van der Waals surface area contributed by atoms with Crippen LogP contribution in [0.1, 0.15) is 55.9 Å². The highest BCUT2D eigenvalue weighted by Gasteiger charge is 2.43. The second-order valence-corrected chi connectivity index (χ2v) is 9.92. The minimum absolute atomic E-state index is 0.0428. The number of nitrogens with two attached hydrogens (primary N) is 1. The number of piperidine rings is 1. The lowest BCUT2D eigenvalue weighted by molar-refractivity contribution is 0.0695. The number of anilines is 2. The molecule has 2 unspecified atom stereocenters. The van der Waals surface area contributed by atoms with Crippen molar-refractivity contribution in [2.45, 2.75) is 45.6 Å². The lowest BCUT2D eigenvalue weighted by Crippen LogP contribution is -2.46. The van der Waals surface area contributed by atoms with Crippen LogP contribution in [0.15, 0.2) is 11.0 Å². The van der Waals surface area contributed by atoms with Gasteiger partial charge >= 0.3 is 5.97 Å². The predicted molar refractivity (Wildman–Crippen MR) is 121 cm³/mol. The summed E-state index contributed by atoms with van der Waals surface area (Å²) >= 11 is 0. The van der Waals surface area contributed by atoms with Crippen molar-refractivity contribution < 1.29 is 19.0 Å². The fourth-order valence-corrected chi connectivity index (χ4v) is 6.00. The van der Waals surface area contributed by atoms with E-state index in [4.69, 9.17) is 10.5 Å². The Kier molecular flexibility index (Phi) is 4.87. The minimum atomic E-state index is -1.35. The molecular formula is C24H30FN3O4. The number of aromatic carboxylic acids is 1. The van der Waals surface area contributed by atoms with Gasteiger partial charge in [0.2, 0.25) is 5.43 Å². The molecule has 0 spiro atoms. The number of ether oxygens (including phenoxy) is 1. The van der Waals surface area contributed by atoms with Gasteiger partial charge in [-0.25, -0.2) is 9.18 Å². The van der Waals surface area contributed by atoms with Gasteiger partial charge in [-0.3, -0.25) is 4.79 Å². The van der Waals surface area contributed by atoms with Crippen molar-refractivity contribution in [1.29, 1.82) is 0 Å². The highest BCUT2D eigenvalue weighted by atomic mass is 19.1. The number of carboxylic acid groups (broad SMARTS) is 1. The standard InChI is InChI=1S/C24H30FN3O4/c1-11-8-27(9-12(2)16(11)13-4-5-13)21-18(25)19(26)17-20(23(21)32-3)28(14-6-7-14)10-15(22(17)29)24(30)31/h10-14,16H,4-9,26H2,1-3H3,(H,30,31). The molecule has 1 aromatic heterocycles. The molecule has 1 aromatic carbocycles. The summed E-state index contributed by atoms with van der Waals surface area (Å²) in [5, 5.41) is 9.43. The smallest absolute Gasteiger partial charge is 0.341 e. The number of methoxy groups -OCH3 is 1. The van der Waals surface area contributed by atoms with Crippen molar-refractivity contribution in [3.63, 3.8) is 0 Å². The molecule has 2 saturated carbocycles. The number of carbonyl (C=O) groups is 1. The Labute approximate surface area is 185 Å². The summed E-state index contributed by atoms with van der Waals surface area (Å²) in [5.41, 5.74) is 5.39. The Morgan fingerprint density at radius 1 is 1.19 bits per heavy atom. The van der Waals surface area contributed by atoms with E-state index in [1.54, 1.807) is 4.57 Å². The second-order valence-electron chi connectivity index (χ2n) is 9.92. The summed E-state index contributed by atoms with van der Waals surface area (Å²) < 4.78 is 23.3. The van der Waals surface area contributed by atoms with Crippen molar-refractivity contribution in [1.82, 2.24) is 4.57 Å². The van der Waals surface area contributed by atoms with Crippen molar-refractivity contribution in [3.8, 4) is 5.75 Å². The van der Waals surface area contributed by atoms with Crippen LogP contribution in [0.5, 0.6) is 5.75 Å². The zero-order valence-corrected chi connectivity index (χ0v) is 18.7. The lowest BCUT2D eigenvalue weighted by atomic mass is 9.76. The molecule has 7 nitrogen and oxygen atoms in total. The van der Waals surface area contributed by atoms with E-state index in [-0.39, 0.29) is 28.6 Å². The third-order valence-electron chi connectivity index (χ3n) is 7.57. The molecule has 2 atom stereocenters. The summed E-state index contributed by atoms with van der Waals surface area (Å²) in [6.07, 6.45) is 5.62. The molecule has 1 saturated heterocycles. The van der Waals surface area contributed by atoms with Crippen molar-refractivity contribution in [3.05, 3.63) is 27.8 Å². The number of halogens is 1. The predicted octanol–water partition coefficient (Wildman–Crippen LogP) is 3.88. The summed E-state index contributed by atoms with van der Waals surface area (Å²) in [7, 11) is 1.46. The maximum atomic E-state index is 15.8. The van der Waals surface area contributed by atoms with Gasteiger partial charge in [-0.15, -0.1) is 0 Å². The zero-order chi connectivity index (χ0) is 22.9. The maximum Gasteiger partial charge on any atom is 0.341 e. The SMILES string of the molecule is COc1c(N2CC(C)C(C3CC3)C(C)C2)c(F)c(N)c2c(=O)c(C(=O)O)cn(C3CC3)c12. The Hall–Kier alpha value is -2.77. The Balaban J connectivity index is 1.73. The molecule has 5 rings (SSSR count). The molecule has 3 fully saturated rings. The summed E-state index contributed by atoms with van der Waals surface area (Å²) in [5.74, 6) is 0.391. The van der Waals surface area contributed by atoms with Crippen molar-refractivity contribution in [2.24, 2.45) is 23.7 Å². The largest absolute Gasteiger partial charge is 0.492 e. The molecule has 0 amide bonds. The van der Waals surface area contributed by atoms with Crippen LogP contribution >= 0.6 is 0 Å². The monoisotopic (exact) mass is 443 g/mol. The summed E-state index contributed by atoms with van der Waals surface area (Å²) in [6, 6.07) is 0.0428. The number of benzene rings is 1. The zero-order valence-electron chi connectivity index (χ0n) is 18.7. The fourth-order valence-electron chi connectivity index (χ4n) is 6.00. The summed E-state index contributed by atoms with van der Waals surface area (Å²) in [4.78, 5) is 26.7. The van der Waals surface area contributed by atoms with Gasteiger partial charge in [-0.05, 0) is 49.4 Å². The average Bonchev–Trinajstić information content (AvgIpc) is 3.63. The Morgan fingerprint density at radius 2 is 1.81 bits per heavy atom. The van der Waals surface area contributed by atoms with Gasteiger partial charge in [0.15, 0.2) is 11.6 Å². The third-order valence-corrected chi connectivity index (χ3v) is 7.57. The topological polar surface area (TPSA) is 97.8 Å². The van der Waals surface area contributed by atoms with Crippen LogP contribution < -0.4 is 20.8 Å². The normalized spacial score (nSPS) is 25.9. The molecule has 2 aromatic rings. The molecule has 0 radical (unpaired) electrons. The van der Waals surface area contributed by atoms with Gasteiger partial charge in [0, 0.05) is 25.3 Å². The third kappa shape index (κ3) is 3.14. The van der Waals surface area contributed by atoms with E-state index in [9.17, 15) is 14.7 Å². The molecular weight excluding hydrogens is 413 g/mol. The fraction of sp³-hybridized carbons (Fsp3) is 0.583. The number of fused-ring (bicyclic) bond motifs is 1. The van der Waals surface area contributed by atoms with E-state index in [1.165, 1.54) is 26.1 Å². The van der Waals surface area contributed by atoms with E-state index in [2.05, 4.69) is 13.8 Å². The van der Waals surface area contributed by atoms with Crippen LogP contribution in [0.4, 0.5) is 15.8 Å². The van der Waals surface area contributed by atoms with Crippen LogP contribution in [0.3, 0.4) is 0 Å². The van der Waals surface area contributed by atoms with Crippen LogP contribution in [0.2, 0.25) is 0 Å². The number of aromatic nitrogens is 1. The average molecular weight is 444 g/mol. The van der Waals surface area contributed by atoms with Crippen molar-refractivity contribution in [2.75, 3.05) is 30.8 Å². The number of hydrogen-bond acceptors (Lipinski definition) is 5. The molecule has 3 aliphatic rings. The quantitative estimate of drug-likeness (QED) is 0.681. The van der Waals surface area contributed by atoms with Gasteiger partial charge in [0.1, 0.15) is 11.3 Å². The number of nitrogen functional groups attached to an aromatic ring is 1. The number of hydrogen-bond donors (Lipinski definition) is 2. The van der Waals surface area contributed by atoms with Crippen LogP contribution in [0, 0.1) is 29.5 Å². The highest BCUT2D eigenvalue weighted by Crippen LogP contribution is 2.50. The van der Waals surface area contributed by atoms with Crippen molar-refractivity contribution >= 4 is 28.2 Å². The Morgan fingerprint density at radius 3 is 2.31 bits per heavy atom. The van der Waals surface area contributed by atoms with Gasteiger partial charge in [-0.2, -0.15) is 0 Å². The highest BCUT2D eigenvalue weighted by molar-refractivity contribution is 6.03. The first-order valence-corrected chi connectivity index (χ1v) is 11.5. The molecule has 2 aliphatic carbocycles. The van der Waals surface area contributed by atoms with E-state index in [1.807, 2.05) is 4.90 Å². The lowest BCUT2D eigenvalue weighted by Gasteiger charge is -2.43. The van der Waals surface area contributed by atoms with Crippen LogP contribution in [-0.2, 0) is 0 Å². The van der Waals surface area contributed by atoms with Crippen LogP contribution in [-0.4, -0.2) is 35.8 Å². The molecule has 8 heteroatoms. The first-order valence-electron chi connectivity index (χ1n) is 11.5. The van der Waals surface area contributed by atoms with E-state index >= 15 is 4.39 Å². The summed E-state index contributed by atoms with van der Waals surface area (Å²) in [6.45, 7) is 5.81.